The van der Waals surface area contributed by atoms with Gasteiger partial charge < -0.3 is 10.2 Å². The van der Waals surface area contributed by atoms with E-state index in [1.165, 1.54) is 40.5 Å². The van der Waals surface area contributed by atoms with Gasteiger partial charge in [-0.15, -0.1) is 17.9 Å². The summed E-state index contributed by atoms with van der Waals surface area (Å²) in [7, 11) is 0. The van der Waals surface area contributed by atoms with E-state index < -0.39 is 17.6 Å². The minimum absolute atomic E-state index is 0.0766. The van der Waals surface area contributed by atoms with Gasteiger partial charge in [-0.05, 0) is 19.1 Å². The molecule has 0 saturated heterocycles. The molecule has 0 unspecified atom stereocenters. The smallest absolute Gasteiger partial charge is 0.257 e. The van der Waals surface area contributed by atoms with Gasteiger partial charge in [0.15, 0.2) is 5.13 Å². The Labute approximate surface area is 137 Å². The molecule has 7 heteroatoms. The lowest BCUT2D eigenvalue weighted by Crippen LogP contribution is -2.38. The van der Waals surface area contributed by atoms with Gasteiger partial charge in [-0.1, -0.05) is 18.2 Å². The van der Waals surface area contributed by atoms with Crippen LogP contribution in [-0.4, -0.2) is 34.8 Å². The Morgan fingerprint density at radius 1 is 1.43 bits per heavy atom. The number of nitrogens with one attached hydrogen (secondary N) is 1. The highest BCUT2D eigenvalue weighted by atomic mass is 32.1. The van der Waals surface area contributed by atoms with Crippen LogP contribution in [0.15, 0.2) is 43.1 Å². The molecule has 0 aliphatic heterocycles. The van der Waals surface area contributed by atoms with Crippen molar-refractivity contribution in [2.75, 3.05) is 18.4 Å². The number of thiazole rings is 1. The molecule has 2 rings (SSSR count). The molecule has 5 nitrogen and oxygen atoms in total. The van der Waals surface area contributed by atoms with Gasteiger partial charge in [0.2, 0.25) is 5.91 Å². The van der Waals surface area contributed by atoms with E-state index >= 15 is 0 Å². The molecular formula is C16H16FN3O2S. The zero-order chi connectivity index (χ0) is 16.8. The highest BCUT2D eigenvalue weighted by molar-refractivity contribution is 7.15. The Bertz CT molecular complexity index is 730. The highest BCUT2D eigenvalue weighted by Gasteiger charge is 2.20. The lowest BCUT2D eigenvalue weighted by Gasteiger charge is -2.20. The molecule has 1 aromatic carbocycles. The second kappa shape index (κ2) is 7.64. The van der Waals surface area contributed by atoms with Crippen LogP contribution in [-0.2, 0) is 4.79 Å². The molecule has 2 amide bonds. The highest BCUT2D eigenvalue weighted by Crippen LogP contribution is 2.16. The summed E-state index contributed by atoms with van der Waals surface area (Å²) in [4.78, 5) is 30.7. The van der Waals surface area contributed by atoms with Crippen LogP contribution >= 0.6 is 11.3 Å². The maximum absolute atomic E-state index is 13.7. The van der Waals surface area contributed by atoms with Crippen LogP contribution in [0.25, 0.3) is 0 Å². The summed E-state index contributed by atoms with van der Waals surface area (Å²) < 4.78 is 13.7. The SMILES string of the molecule is C=CCN(CC(=O)Nc1ncc(C)s1)C(=O)c1ccccc1F. The number of amides is 2. The van der Waals surface area contributed by atoms with Gasteiger partial charge in [-0.3, -0.25) is 9.59 Å². The largest absolute Gasteiger partial charge is 0.326 e. The molecule has 2 aromatic rings. The summed E-state index contributed by atoms with van der Waals surface area (Å²) in [5, 5.41) is 3.08. The molecule has 0 saturated carbocycles. The van der Waals surface area contributed by atoms with Gasteiger partial charge in [0, 0.05) is 17.6 Å². The third kappa shape index (κ3) is 4.46. The maximum atomic E-state index is 13.7. The number of aromatic nitrogens is 1. The number of carbonyl (C=O) groups excluding carboxylic acids is 2. The van der Waals surface area contributed by atoms with Crippen molar-refractivity contribution < 1.29 is 14.0 Å². The van der Waals surface area contributed by atoms with Crippen LogP contribution in [0.1, 0.15) is 15.2 Å². The Balaban J connectivity index is 2.08. The number of hydrogen-bond donors (Lipinski definition) is 1. The first-order valence-electron chi connectivity index (χ1n) is 6.88. The van der Waals surface area contributed by atoms with E-state index in [0.29, 0.717) is 5.13 Å². The fourth-order valence-electron chi connectivity index (χ4n) is 1.92. The number of aryl methyl sites for hydroxylation is 1. The van der Waals surface area contributed by atoms with E-state index in [2.05, 4.69) is 16.9 Å². The van der Waals surface area contributed by atoms with Crippen molar-refractivity contribution in [3.05, 3.63) is 59.4 Å². The molecule has 23 heavy (non-hydrogen) atoms. The quantitative estimate of drug-likeness (QED) is 0.827. The van der Waals surface area contributed by atoms with Crippen LogP contribution in [0.3, 0.4) is 0 Å². The average Bonchev–Trinajstić information content (AvgIpc) is 2.91. The summed E-state index contributed by atoms with van der Waals surface area (Å²) in [6.45, 7) is 5.36. The molecule has 120 valence electrons. The molecule has 0 spiro atoms. The third-order valence-corrected chi connectivity index (χ3v) is 3.77. The minimum Gasteiger partial charge on any atom is -0.326 e. The first kappa shape index (κ1) is 16.8. The van der Waals surface area contributed by atoms with Crippen molar-refractivity contribution in [1.29, 1.82) is 0 Å². The maximum Gasteiger partial charge on any atom is 0.257 e. The van der Waals surface area contributed by atoms with E-state index in [0.717, 1.165) is 4.88 Å². The van der Waals surface area contributed by atoms with Crippen molar-refractivity contribution in [3.8, 4) is 0 Å². The van der Waals surface area contributed by atoms with Gasteiger partial charge in [0.05, 0.1) is 5.56 Å². The van der Waals surface area contributed by atoms with E-state index in [1.54, 1.807) is 12.3 Å². The number of nitrogens with zero attached hydrogens (tertiary/aromatic N) is 2. The Morgan fingerprint density at radius 3 is 2.78 bits per heavy atom. The average molecular weight is 333 g/mol. The molecule has 0 radical (unpaired) electrons. The van der Waals surface area contributed by atoms with Crippen molar-refractivity contribution in [2.45, 2.75) is 6.92 Å². The van der Waals surface area contributed by atoms with Gasteiger partial charge in [-0.2, -0.15) is 0 Å². The Morgan fingerprint density at radius 2 is 2.17 bits per heavy atom. The topological polar surface area (TPSA) is 62.3 Å². The van der Waals surface area contributed by atoms with E-state index in [-0.39, 0.29) is 18.7 Å². The van der Waals surface area contributed by atoms with Crippen LogP contribution in [0.4, 0.5) is 9.52 Å². The molecule has 0 atom stereocenters. The van der Waals surface area contributed by atoms with Crippen LogP contribution < -0.4 is 5.32 Å². The summed E-state index contributed by atoms with van der Waals surface area (Å²) in [5.74, 6) is -1.58. The van der Waals surface area contributed by atoms with E-state index in [1.807, 2.05) is 6.92 Å². The first-order chi connectivity index (χ1) is 11.0. The van der Waals surface area contributed by atoms with E-state index in [9.17, 15) is 14.0 Å². The lowest BCUT2D eigenvalue weighted by molar-refractivity contribution is -0.116. The zero-order valence-corrected chi connectivity index (χ0v) is 13.4. The number of hydrogen-bond acceptors (Lipinski definition) is 4. The zero-order valence-electron chi connectivity index (χ0n) is 12.6. The Kier molecular flexibility index (Phi) is 5.59. The monoisotopic (exact) mass is 333 g/mol. The molecule has 1 aromatic heterocycles. The number of anilines is 1. The summed E-state index contributed by atoms with van der Waals surface area (Å²) in [6, 6.07) is 5.66. The molecule has 0 aliphatic rings. The summed E-state index contributed by atoms with van der Waals surface area (Å²) in [6.07, 6.45) is 3.13. The normalized spacial score (nSPS) is 10.2. The molecule has 1 N–H and O–H groups in total. The van der Waals surface area contributed by atoms with Gasteiger partial charge in [0.25, 0.3) is 5.91 Å². The van der Waals surface area contributed by atoms with Gasteiger partial charge in [-0.25, -0.2) is 9.37 Å². The fraction of sp³-hybridized carbons (Fsp3) is 0.188. The van der Waals surface area contributed by atoms with Crippen molar-refractivity contribution in [3.63, 3.8) is 0 Å². The van der Waals surface area contributed by atoms with Crippen LogP contribution in [0.2, 0.25) is 0 Å². The van der Waals surface area contributed by atoms with Crippen LogP contribution in [0.5, 0.6) is 0 Å². The number of benzene rings is 1. The number of halogens is 1. The summed E-state index contributed by atoms with van der Waals surface area (Å²) in [5.41, 5.74) is -0.0766. The Hall–Kier alpha value is -2.54. The van der Waals surface area contributed by atoms with Gasteiger partial charge in [0.1, 0.15) is 12.4 Å². The van der Waals surface area contributed by atoms with Crippen LogP contribution in [0, 0.1) is 12.7 Å². The van der Waals surface area contributed by atoms with Crippen molar-refractivity contribution >= 4 is 28.3 Å². The molecular weight excluding hydrogens is 317 g/mol. The van der Waals surface area contributed by atoms with Crippen molar-refractivity contribution in [1.82, 2.24) is 9.88 Å². The number of rotatable bonds is 6. The lowest BCUT2D eigenvalue weighted by atomic mass is 10.2. The second-order valence-corrected chi connectivity index (χ2v) is 6.01. The van der Waals surface area contributed by atoms with Gasteiger partial charge >= 0.3 is 0 Å². The van der Waals surface area contributed by atoms with E-state index in [4.69, 9.17) is 0 Å². The summed E-state index contributed by atoms with van der Waals surface area (Å²) >= 11 is 1.34. The predicted molar refractivity (Wildman–Crippen MR) is 88.0 cm³/mol. The van der Waals surface area contributed by atoms with Crippen molar-refractivity contribution in [2.24, 2.45) is 0 Å². The predicted octanol–water partition coefficient (Wildman–Crippen LogP) is 2.86. The molecule has 1 heterocycles. The minimum atomic E-state index is -0.623. The molecule has 0 aliphatic carbocycles. The first-order valence-corrected chi connectivity index (χ1v) is 7.70. The molecule has 0 fully saturated rings. The second-order valence-electron chi connectivity index (χ2n) is 4.78. The molecule has 0 bridgehead atoms. The third-order valence-electron chi connectivity index (χ3n) is 2.94. The standard InChI is InChI=1S/C16H16FN3O2S/c1-3-8-20(15(22)12-6-4-5-7-13(12)17)10-14(21)19-16-18-9-11(2)23-16/h3-7,9H,1,8,10H2,2H3,(H,18,19,21). The fourth-order valence-corrected chi connectivity index (χ4v) is 2.61. The number of carbonyl (C=O) groups is 2.